The van der Waals surface area contributed by atoms with E-state index in [0.29, 0.717) is 48.9 Å². The highest BCUT2D eigenvalue weighted by Crippen LogP contribution is 2.39. The number of hydrogen-bond acceptors (Lipinski definition) is 17. The van der Waals surface area contributed by atoms with Crippen LogP contribution in [0.15, 0.2) is 78.9 Å². The summed E-state index contributed by atoms with van der Waals surface area (Å²) in [5, 5.41) is 53.7. The fourth-order valence-electron chi connectivity index (χ4n) is 8.36. The van der Waals surface area contributed by atoms with E-state index in [4.69, 9.17) is 17.2 Å². The second-order valence-corrected chi connectivity index (χ2v) is 22.9. The number of aliphatic hydroxyl groups excluding tert-OH is 1. The number of carbonyl (C=O) groups is 10. The lowest BCUT2D eigenvalue weighted by molar-refractivity contribution is -0.135. The summed E-state index contributed by atoms with van der Waals surface area (Å²) >= 11 is 0. The summed E-state index contributed by atoms with van der Waals surface area (Å²) in [6.45, 7) is 3.17. The zero-order valence-corrected chi connectivity index (χ0v) is 47.1. The van der Waals surface area contributed by atoms with E-state index in [1.54, 1.807) is 44.2 Å². The van der Waals surface area contributed by atoms with E-state index < -0.39 is 125 Å². The lowest BCUT2D eigenvalue weighted by Gasteiger charge is -2.35. The molecular formula is C54H76N12O13S2. The first-order valence-electron chi connectivity index (χ1n) is 26.4. The van der Waals surface area contributed by atoms with Gasteiger partial charge in [-0.05, 0) is 106 Å². The van der Waals surface area contributed by atoms with Gasteiger partial charge < -0.3 is 80.4 Å². The molecule has 0 saturated carbocycles. The smallest absolute Gasteiger partial charge is 0.245 e. The number of phenols is 2. The van der Waals surface area contributed by atoms with Gasteiger partial charge in [-0.25, -0.2) is 0 Å². The first-order chi connectivity index (χ1) is 38.5. The molecule has 81 heavy (non-hydrogen) atoms. The van der Waals surface area contributed by atoms with Crippen molar-refractivity contribution in [3.8, 4) is 11.5 Å². The summed E-state index contributed by atoms with van der Waals surface area (Å²) in [7, 11) is 1.93. The molecular weight excluding hydrogens is 1090 g/mol. The van der Waals surface area contributed by atoms with Gasteiger partial charge in [0.1, 0.15) is 59.8 Å². The Bertz CT molecular complexity index is 2620. The van der Waals surface area contributed by atoms with Crippen LogP contribution in [0.5, 0.6) is 11.5 Å². The van der Waals surface area contributed by atoms with E-state index in [1.807, 2.05) is 0 Å². The van der Waals surface area contributed by atoms with Crippen molar-refractivity contribution in [3.05, 3.63) is 95.6 Å². The molecule has 442 valence electrons. The van der Waals surface area contributed by atoms with Gasteiger partial charge in [-0.3, -0.25) is 47.9 Å². The monoisotopic (exact) mass is 1160 g/mol. The third-order valence-electron chi connectivity index (χ3n) is 12.8. The minimum absolute atomic E-state index is 0.0358. The van der Waals surface area contributed by atoms with Crippen molar-refractivity contribution in [3.63, 3.8) is 0 Å². The summed E-state index contributed by atoms with van der Waals surface area (Å²) in [6.07, 6.45) is 1.50. The van der Waals surface area contributed by atoms with E-state index >= 15 is 0 Å². The Labute approximate surface area is 477 Å². The Morgan fingerprint density at radius 3 is 1.75 bits per heavy atom. The van der Waals surface area contributed by atoms with E-state index in [2.05, 4.69) is 47.9 Å². The van der Waals surface area contributed by atoms with Crippen LogP contribution >= 0.6 is 21.6 Å². The van der Waals surface area contributed by atoms with Crippen molar-refractivity contribution in [2.45, 2.75) is 132 Å². The Hall–Kier alpha value is -7.46. The molecule has 0 radical (unpaired) electrons. The molecule has 4 rings (SSSR count). The SMILES string of the molecule is CC(=O)N[C@@H](Cc1ccc(O)cc1)C(=O)NC1C(=O)N[C@@H](Cc2ccc(O)cc2)C(=O)NCC(=O)N[C@@H](CO)C(=O)NC(Cc2ccccc2)C(=O)NC(C(=O)N[C@@H](CCCCN)C(=O)N[C@@H](CCCCN)C(N)=O)CSSC1(C)C. The van der Waals surface area contributed by atoms with Gasteiger partial charge >= 0.3 is 0 Å². The third-order valence-corrected chi connectivity index (χ3v) is 16.1. The van der Waals surface area contributed by atoms with E-state index in [9.17, 15) is 63.3 Å². The molecule has 0 bridgehead atoms. The molecule has 1 fully saturated rings. The Balaban J connectivity index is 1.84. The lowest BCUT2D eigenvalue weighted by atomic mass is 9.98. The van der Waals surface area contributed by atoms with E-state index in [-0.39, 0.29) is 55.9 Å². The fraction of sp³-hybridized carbons (Fsp3) is 0.481. The van der Waals surface area contributed by atoms with Gasteiger partial charge in [0.2, 0.25) is 59.1 Å². The lowest BCUT2D eigenvalue weighted by Crippen LogP contribution is -2.63. The number of carbonyl (C=O) groups excluding carboxylic acids is 10. The largest absolute Gasteiger partial charge is 0.508 e. The van der Waals surface area contributed by atoms with Crippen LogP contribution in [0.4, 0.5) is 0 Å². The molecule has 1 heterocycles. The number of benzene rings is 3. The topological polar surface area (TPSA) is 418 Å². The average Bonchev–Trinajstić information content (AvgIpc) is 3.45. The second kappa shape index (κ2) is 33.3. The van der Waals surface area contributed by atoms with Crippen molar-refractivity contribution >= 4 is 80.7 Å². The molecule has 25 nitrogen and oxygen atoms in total. The highest BCUT2D eigenvalue weighted by atomic mass is 33.1. The summed E-state index contributed by atoms with van der Waals surface area (Å²) in [5.41, 5.74) is 18.6. The predicted octanol–water partition coefficient (Wildman–Crippen LogP) is -1.95. The zero-order valence-electron chi connectivity index (χ0n) is 45.5. The minimum Gasteiger partial charge on any atom is -0.508 e. The molecule has 3 aromatic carbocycles. The summed E-state index contributed by atoms with van der Waals surface area (Å²) < 4.78 is -1.43. The molecule has 1 aliphatic rings. The number of aliphatic hydroxyl groups is 1. The first kappa shape index (κ1) is 66.1. The van der Waals surface area contributed by atoms with Crippen LogP contribution in [0.2, 0.25) is 0 Å². The Morgan fingerprint density at radius 1 is 0.642 bits per heavy atom. The first-order valence-corrected chi connectivity index (χ1v) is 28.7. The summed E-state index contributed by atoms with van der Waals surface area (Å²) in [5.74, 6) is -9.11. The average molecular weight is 1170 g/mol. The number of phenolic OH excluding ortho intramolecular Hbond substituents is 2. The minimum atomic E-state index is -1.68. The van der Waals surface area contributed by atoms with Crippen LogP contribution in [0, 0.1) is 0 Å². The summed E-state index contributed by atoms with van der Waals surface area (Å²) in [4.78, 5) is 139. The van der Waals surface area contributed by atoms with Crippen molar-refractivity contribution in [2.75, 3.05) is 32.0 Å². The maximum atomic E-state index is 14.9. The number of amides is 10. The molecule has 1 saturated heterocycles. The molecule has 0 spiro atoms. The zero-order chi connectivity index (χ0) is 59.6. The van der Waals surface area contributed by atoms with Crippen LogP contribution in [-0.2, 0) is 67.2 Å². The number of unbranched alkanes of at least 4 members (excludes halogenated alkanes) is 2. The van der Waals surface area contributed by atoms with Gasteiger partial charge in [-0.1, -0.05) is 76.2 Å². The molecule has 27 heteroatoms. The van der Waals surface area contributed by atoms with Gasteiger partial charge in [0, 0.05) is 36.7 Å². The number of primary amides is 1. The molecule has 3 aromatic rings. The quantitative estimate of drug-likeness (QED) is 0.0362. The fourth-order valence-corrected chi connectivity index (χ4v) is 11.2. The number of hydrogen-bond donors (Lipinski definition) is 15. The normalized spacial score (nSPS) is 20.5. The van der Waals surface area contributed by atoms with Gasteiger partial charge in [0.15, 0.2) is 0 Å². The maximum absolute atomic E-state index is 14.9. The van der Waals surface area contributed by atoms with E-state index in [1.165, 1.54) is 55.5 Å². The highest BCUT2D eigenvalue weighted by Gasteiger charge is 2.42. The van der Waals surface area contributed by atoms with Crippen molar-refractivity contribution in [1.82, 2.24) is 47.9 Å². The van der Waals surface area contributed by atoms with Crippen molar-refractivity contribution in [2.24, 2.45) is 17.2 Å². The number of nitrogens with one attached hydrogen (secondary N) is 9. The van der Waals surface area contributed by atoms with Crippen LogP contribution in [0.1, 0.15) is 76.0 Å². The van der Waals surface area contributed by atoms with Crippen molar-refractivity contribution in [1.29, 1.82) is 0 Å². The second-order valence-electron chi connectivity index (χ2n) is 19.9. The molecule has 10 amide bonds. The third kappa shape index (κ3) is 22.5. The standard InChI is InChI=1S/C54H76N12O13S2/c1-31(68)59-40(27-34-17-21-36(70)22-18-34)50(76)66-45-53(79)64-39(26-33-15-19-35(69)20-16-33)47(73)58-28-44(71)60-42(29-67)51(77)63-41(25-32-11-5-4-6-12-32)49(75)65-43(30-80-81-54(45,2)3)52(78)62-38(14-8-10-24-56)48(74)61-37(46(57)72)13-7-9-23-55/h4-6,11-12,15-22,37-43,45,67,69-70H,7-10,13-14,23-30,55-56H2,1-3H3,(H2,57,72)(H,58,73)(H,59,68)(H,60,71)(H,61,74)(H,62,78)(H,63,77)(H,64,79)(H,65,75)(H,66,76)/t37-,38-,39-,40-,41?,42-,43?,45?/m0/s1. The van der Waals surface area contributed by atoms with Crippen molar-refractivity contribution < 1.29 is 63.3 Å². The van der Waals surface area contributed by atoms with Gasteiger partial charge in [-0.15, -0.1) is 0 Å². The molecule has 3 unspecified atom stereocenters. The number of nitrogens with two attached hydrogens (primary N) is 3. The Morgan fingerprint density at radius 2 is 1.19 bits per heavy atom. The van der Waals surface area contributed by atoms with Crippen LogP contribution in [0.3, 0.4) is 0 Å². The Kier molecular flexibility index (Phi) is 27.2. The van der Waals surface area contributed by atoms with Crippen LogP contribution in [0.25, 0.3) is 0 Å². The number of aromatic hydroxyl groups is 2. The van der Waals surface area contributed by atoms with E-state index in [0.717, 1.165) is 21.6 Å². The molecule has 0 aliphatic carbocycles. The molecule has 18 N–H and O–H groups in total. The van der Waals surface area contributed by atoms with Gasteiger partial charge in [0.05, 0.1) is 13.2 Å². The van der Waals surface area contributed by atoms with Crippen LogP contribution in [-0.4, -0.2) is 159 Å². The molecule has 8 atom stereocenters. The highest BCUT2D eigenvalue weighted by molar-refractivity contribution is 8.77. The molecule has 1 aliphatic heterocycles. The van der Waals surface area contributed by atoms with Crippen LogP contribution < -0.4 is 65.1 Å². The maximum Gasteiger partial charge on any atom is 0.245 e. The van der Waals surface area contributed by atoms with Gasteiger partial charge in [-0.2, -0.15) is 0 Å². The number of rotatable bonds is 23. The summed E-state index contributed by atoms with van der Waals surface area (Å²) in [6, 6.07) is 8.55. The van der Waals surface area contributed by atoms with Gasteiger partial charge in [0.25, 0.3) is 0 Å². The molecule has 0 aromatic heterocycles. The predicted molar refractivity (Wildman–Crippen MR) is 304 cm³/mol.